The Hall–Kier alpha value is -2.90. The smallest absolute Gasteiger partial charge is 0.407 e. The van der Waals surface area contributed by atoms with Gasteiger partial charge in [-0.25, -0.2) is 4.79 Å². The lowest BCUT2D eigenvalue weighted by Gasteiger charge is -2.21. The maximum atomic E-state index is 11.9. The fourth-order valence-electron chi connectivity index (χ4n) is 2.87. The Morgan fingerprint density at radius 1 is 0.833 bits per heavy atom. The van der Waals surface area contributed by atoms with Crippen LogP contribution in [0.15, 0.2) is 60.7 Å². The Bertz CT molecular complexity index is 679. The number of ether oxygens (including phenoxy) is 2. The lowest BCUT2D eigenvalue weighted by atomic mass is 10.2. The lowest BCUT2D eigenvalue weighted by Crippen LogP contribution is -2.38. The molecule has 2 rings (SSSR count). The van der Waals surface area contributed by atoms with Gasteiger partial charge in [0.05, 0.1) is 0 Å². The molecule has 1 amide bonds. The molecule has 7 nitrogen and oxygen atoms in total. The van der Waals surface area contributed by atoms with Gasteiger partial charge in [-0.15, -0.1) is 0 Å². The number of rotatable bonds is 13. The Balaban J connectivity index is 1.58. The number of nitrogens with one attached hydrogen (secondary N) is 1. The molecule has 2 aromatic carbocycles. The predicted octanol–water partition coefficient (Wildman–Crippen LogP) is 2.70. The van der Waals surface area contributed by atoms with E-state index in [2.05, 4.69) is 10.2 Å². The summed E-state index contributed by atoms with van der Waals surface area (Å²) in [5.41, 5.74) is 7.59. The summed E-state index contributed by atoms with van der Waals surface area (Å²) in [6, 6.07) is 19.1. The fourth-order valence-corrected chi connectivity index (χ4v) is 2.87. The highest BCUT2D eigenvalue weighted by atomic mass is 16.5. The van der Waals surface area contributed by atoms with Crippen molar-refractivity contribution in [1.29, 1.82) is 0 Å². The van der Waals surface area contributed by atoms with Crippen LogP contribution in [0.5, 0.6) is 0 Å². The number of carbonyl (C=O) groups excluding carboxylic acids is 2. The van der Waals surface area contributed by atoms with Gasteiger partial charge in [-0.3, -0.25) is 4.79 Å². The molecule has 0 heterocycles. The van der Waals surface area contributed by atoms with Crippen LogP contribution in [0.25, 0.3) is 0 Å². The van der Waals surface area contributed by atoms with E-state index in [1.165, 1.54) is 0 Å². The van der Waals surface area contributed by atoms with E-state index in [1.807, 2.05) is 60.7 Å². The SMILES string of the molecule is NCCN(CCCC(=O)OCc1ccccc1)CCNC(=O)OCc1ccccc1. The highest BCUT2D eigenvalue weighted by Gasteiger charge is 2.09. The van der Waals surface area contributed by atoms with Crippen molar-refractivity contribution in [3.63, 3.8) is 0 Å². The Morgan fingerprint density at radius 3 is 2.03 bits per heavy atom. The van der Waals surface area contributed by atoms with Crippen molar-refractivity contribution in [3.8, 4) is 0 Å². The maximum Gasteiger partial charge on any atom is 0.407 e. The fraction of sp³-hybridized carbons (Fsp3) is 0.391. The Morgan fingerprint density at radius 2 is 1.43 bits per heavy atom. The normalized spacial score (nSPS) is 10.6. The molecule has 0 fully saturated rings. The third kappa shape index (κ3) is 10.0. The van der Waals surface area contributed by atoms with Gasteiger partial charge in [0.2, 0.25) is 0 Å². The number of hydrogen-bond acceptors (Lipinski definition) is 6. The number of hydrogen-bond donors (Lipinski definition) is 2. The first-order valence-corrected chi connectivity index (χ1v) is 10.2. The van der Waals surface area contributed by atoms with Crippen LogP contribution in [0.3, 0.4) is 0 Å². The number of alkyl carbamates (subject to hydrolysis) is 1. The summed E-state index contributed by atoms with van der Waals surface area (Å²) in [5, 5.41) is 2.74. The second kappa shape index (κ2) is 14.1. The second-order valence-electron chi connectivity index (χ2n) is 6.87. The molecule has 30 heavy (non-hydrogen) atoms. The second-order valence-corrected chi connectivity index (χ2v) is 6.87. The molecule has 2 aromatic rings. The molecule has 0 unspecified atom stereocenters. The number of esters is 1. The number of nitrogens with zero attached hydrogens (tertiary/aromatic N) is 1. The van der Waals surface area contributed by atoms with E-state index in [1.54, 1.807) is 0 Å². The van der Waals surface area contributed by atoms with Crippen molar-refractivity contribution in [2.24, 2.45) is 5.73 Å². The first-order chi connectivity index (χ1) is 14.7. The number of amides is 1. The lowest BCUT2D eigenvalue weighted by molar-refractivity contribution is -0.145. The van der Waals surface area contributed by atoms with Crippen LogP contribution >= 0.6 is 0 Å². The molecule has 0 radical (unpaired) electrons. The minimum atomic E-state index is -0.448. The van der Waals surface area contributed by atoms with Crippen LogP contribution in [0, 0.1) is 0 Å². The first-order valence-electron chi connectivity index (χ1n) is 10.2. The highest BCUT2D eigenvalue weighted by Crippen LogP contribution is 2.04. The van der Waals surface area contributed by atoms with Crippen LogP contribution in [0.1, 0.15) is 24.0 Å². The molecule has 162 valence electrons. The quantitative estimate of drug-likeness (QED) is 0.491. The van der Waals surface area contributed by atoms with E-state index in [-0.39, 0.29) is 12.6 Å². The van der Waals surface area contributed by atoms with Crippen LogP contribution < -0.4 is 11.1 Å². The molecule has 0 aliphatic carbocycles. The third-order valence-electron chi connectivity index (χ3n) is 4.45. The maximum absolute atomic E-state index is 11.9. The van der Waals surface area contributed by atoms with Crippen LogP contribution in [0.2, 0.25) is 0 Å². The standard InChI is InChI=1S/C23H31N3O4/c24-13-16-26(15-7-12-22(27)29-18-20-8-3-1-4-9-20)17-14-25-23(28)30-19-21-10-5-2-6-11-21/h1-6,8-11H,7,12-19,24H2,(H,25,28). The van der Waals surface area contributed by atoms with Gasteiger partial charge < -0.3 is 25.4 Å². The van der Waals surface area contributed by atoms with Gasteiger partial charge in [0.25, 0.3) is 0 Å². The molecule has 0 atom stereocenters. The third-order valence-corrected chi connectivity index (χ3v) is 4.45. The Kier molecular flexibility index (Phi) is 11.0. The topological polar surface area (TPSA) is 93.9 Å². The zero-order chi connectivity index (χ0) is 21.4. The van der Waals surface area contributed by atoms with E-state index < -0.39 is 6.09 Å². The summed E-state index contributed by atoms with van der Waals surface area (Å²) in [7, 11) is 0. The monoisotopic (exact) mass is 413 g/mol. The first kappa shape index (κ1) is 23.4. The minimum absolute atomic E-state index is 0.214. The van der Waals surface area contributed by atoms with Gasteiger partial charge in [0, 0.05) is 32.6 Å². The molecule has 0 aliphatic rings. The summed E-state index contributed by atoms with van der Waals surface area (Å²) >= 11 is 0. The van der Waals surface area contributed by atoms with Crippen molar-refractivity contribution in [2.45, 2.75) is 26.1 Å². The predicted molar refractivity (Wildman–Crippen MR) is 116 cm³/mol. The van der Waals surface area contributed by atoms with Crippen molar-refractivity contribution in [3.05, 3.63) is 71.8 Å². The van der Waals surface area contributed by atoms with Gasteiger partial charge in [0.15, 0.2) is 0 Å². The summed E-state index contributed by atoms with van der Waals surface area (Å²) in [6.07, 6.45) is 0.572. The average molecular weight is 414 g/mol. The van der Waals surface area contributed by atoms with Crippen molar-refractivity contribution in [2.75, 3.05) is 32.7 Å². The van der Waals surface area contributed by atoms with Gasteiger partial charge in [-0.1, -0.05) is 60.7 Å². The van der Waals surface area contributed by atoms with E-state index in [0.717, 1.165) is 11.1 Å². The van der Waals surface area contributed by atoms with Crippen molar-refractivity contribution >= 4 is 12.1 Å². The van der Waals surface area contributed by atoms with Gasteiger partial charge in [-0.2, -0.15) is 0 Å². The Labute approximate surface area is 178 Å². The van der Waals surface area contributed by atoms with Gasteiger partial charge >= 0.3 is 12.1 Å². The number of benzene rings is 2. The molecule has 0 bridgehead atoms. The van der Waals surface area contributed by atoms with E-state index in [4.69, 9.17) is 15.2 Å². The molecular weight excluding hydrogens is 382 g/mol. The van der Waals surface area contributed by atoms with E-state index in [0.29, 0.717) is 52.2 Å². The van der Waals surface area contributed by atoms with Gasteiger partial charge in [-0.05, 0) is 24.1 Å². The largest absolute Gasteiger partial charge is 0.461 e. The van der Waals surface area contributed by atoms with Crippen molar-refractivity contribution < 1.29 is 19.1 Å². The summed E-state index contributed by atoms with van der Waals surface area (Å²) in [5.74, 6) is -0.214. The van der Waals surface area contributed by atoms with Gasteiger partial charge in [0.1, 0.15) is 13.2 Å². The number of carbonyl (C=O) groups is 2. The number of nitrogens with two attached hydrogens (primary N) is 1. The molecule has 0 aromatic heterocycles. The highest BCUT2D eigenvalue weighted by molar-refractivity contribution is 5.69. The molecule has 0 aliphatic heterocycles. The van der Waals surface area contributed by atoms with E-state index in [9.17, 15) is 9.59 Å². The van der Waals surface area contributed by atoms with Crippen LogP contribution in [-0.4, -0.2) is 49.7 Å². The van der Waals surface area contributed by atoms with Crippen LogP contribution in [0.4, 0.5) is 4.79 Å². The molecule has 7 heteroatoms. The molecule has 0 saturated heterocycles. The van der Waals surface area contributed by atoms with E-state index >= 15 is 0 Å². The summed E-state index contributed by atoms with van der Waals surface area (Å²) in [4.78, 5) is 25.8. The molecule has 0 spiro atoms. The zero-order valence-corrected chi connectivity index (χ0v) is 17.3. The van der Waals surface area contributed by atoms with Crippen molar-refractivity contribution in [1.82, 2.24) is 10.2 Å². The molecule has 3 N–H and O–H groups in total. The average Bonchev–Trinajstić information content (AvgIpc) is 2.78. The summed E-state index contributed by atoms with van der Waals surface area (Å²) in [6.45, 7) is 3.53. The summed E-state index contributed by atoms with van der Waals surface area (Å²) < 4.78 is 10.5. The zero-order valence-electron chi connectivity index (χ0n) is 17.3. The molecule has 0 saturated carbocycles. The van der Waals surface area contributed by atoms with Crippen LogP contribution in [-0.2, 0) is 27.5 Å². The molecular formula is C23H31N3O4. The minimum Gasteiger partial charge on any atom is -0.461 e.